The minimum atomic E-state index is -3.53. The number of hydrogen-bond donors (Lipinski definition) is 2. The Morgan fingerprint density at radius 1 is 1.30 bits per heavy atom. The molecule has 0 aliphatic rings. The molecule has 0 spiro atoms. The molecule has 0 bridgehead atoms. The van der Waals surface area contributed by atoms with Crippen LogP contribution in [0.2, 0.25) is 0 Å². The van der Waals surface area contributed by atoms with Crippen molar-refractivity contribution in [2.75, 3.05) is 11.1 Å². The first kappa shape index (κ1) is 17.2. The highest BCUT2D eigenvalue weighted by molar-refractivity contribution is 7.89. The average Bonchev–Trinajstić information content (AvgIpc) is 2.92. The number of carbonyl (C=O) groups excluding carboxylic acids is 1. The van der Waals surface area contributed by atoms with Gasteiger partial charge < -0.3 is 9.84 Å². The summed E-state index contributed by atoms with van der Waals surface area (Å²) in [5.74, 6) is 0.212. The number of anilines is 1. The summed E-state index contributed by atoms with van der Waals surface area (Å²) < 4.78 is 31.0. The summed E-state index contributed by atoms with van der Waals surface area (Å²) in [7, 11) is -3.53. The van der Waals surface area contributed by atoms with Gasteiger partial charge in [0.15, 0.2) is 5.82 Å². The van der Waals surface area contributed by atoms with Gasteiger partial charge in [0.25, 0.3) is 0 Å². The molecule has 8 heteroatoms. The van der Waals surface area contributed by atoms with Gasteiger partial charge in [-0.25, -0.2) is 13.1 Å². The maximum absolute atomic E-state index is 12.4. The highest BCUT2D eigenvalue weighted by atomic mass is 32.2. The Hall–Kier alpha value is -2.19. The summed E-state index contributed by atoms with van der Waals surface area (Å²) in [5, 5.41) is 6.24. The number of benzene rings is 1. The molecule has 0 fully saturated rings. The SMILES string of the molecule is CCS(=O)(=O)NC(Cc1ccccc1)C(=O)Nc1cc(C)on1. The van der Waals surface area contributed by atoms with Gasteiger partial charge in [0.1, 0.15) is 11.8 Å². The summed E-state index contributed by atoms with van der Waals surface area (Å²) in [4.78, 5) is 12.4. The molecule has 124 valence electrons. The Bertz CT molecular complexity index is 756. The highest BCUT2D eigenvalue weighted by Crippen LogP contribution is 2.10. The molecule has 0 saturated heterocycles. The number of nitrogens with zero attached hydrogens (tertiary/aromatic N) is 1. The predicted molar refractivity (Wildman–Crippen MR) is 86.4 cm³/mol. The molecule has 1 unspecified atom stereocenters. The molecular weight excluding hydrogens is 318 g/mol. The van der Waals surface area contributed by atoms with Gasteiger partial charge in [-0.2, -0.15) is 0 Å². The third-order valence-corrected chi connectivity index (χ3v) is 4.58. The quantitative estimate of drug-likeness (QED) is 0.797. The van der Waals surface area contributed by atoms with Crippen molar-refractivity contribution in [1.29, 1.82) is 0 Å². The Kier molecular flexibility index (Phi) is 5.51. The van der Waals surface area contributed by atoms with Gasteiger partial charge in [-0.3, -0.25) is 4.79 Å². The number of carbonyl (C=O) groups is 1. The van der Waals surface area contributed by atoms with Crippen molar-refractivity contribution in [2.24, 2.45) is 0 Å². The number of rotatable bonds is 7. The molecule has 2 rings (SSSR count). The van der Waals surface area contributed by atoms with Crippen LogP contribution in [0.25, 0.3) is 0 Å². The van der Waals surface area contributed by atoms with E-state index in [2.05, 4.69) is 15.2 Å². The first-order chi connectivity index (χ1) is 10.9. The second-order valence-corrected chi connectivity index (χ2v) is 7.12. The minimum absolute atomic E-state index is 0.103. The lowest BCUT2D eigenvalue weighted by molar-refractivity contribution is -0.117. The Balaban J connectivity index is 2.16. The molecule has 0 aliphatic carbocycles. The second-order valence-electron chi connectivity index (χ2n) is 5.08. The van der Waals surface area contributed by atoms with E-state index in [-0.39, 0.29) is 18.0 Å². The molecule has 7 nitrogen and oxygen atoms in total. The number of aryl methyl sites for hydroxylation is 1. The normalized spacial score (nSPS) is 12.8. The zero-order valence-corrected chi connectivity index (χ0v) is 13.8. The number of aromatic nitrogens is 1. The van der Waals surface area contributed by atoms with Crippen LogP contribution in [-0.4, -0.2) is 31.3 Å². The molecule has 0 radical (unpaired) electrons. The van der Waals surface area contributed by atoms with Crippen LogP contribution in [0.5, 0.6) is 0 Å². The van der Waals surface area contributed by atoms with Crippen LogP contribution >= 0.6 is 0 Å². The molecule has 1 heterocycles. The van der Waals surface area contributed by atoms with E-state index in [0.29, 0.717) is 5.76 Å². The lowest BCUT2D eigenvalue weighted by Crippen LogP contribution is -2.45. The topological polar surface area (TPSA) is 101 Å². The smallest absolute Gasteiger partial charge is 0.244 e. The molecule has 2 aromatic rings. The van der Waals surface area contributed by atoms with E-state index in [1.807, 2.05) is 30.3 Å². The summed E-state index contributed by atoms with van der Waals surface area (Å²) in [6.45, 7) is 3.21. The van der Waals surface area contributed by atoms with Crippen molar-refractivity contribution in [3.63, 3.8) is 0 Å². The molecule has 0 aliphatic heterocycles. The Morgan fingerprint density at radius 2 is 2.00 bits per heavy atom. The van der Waals surface area contributed by atoms with Crippen molar-refractivity contribution in [3.8, 4) is 0 Å². The number of sulfonamides is 1. The predicted octanol–water partition coefficient (Wildman–Crippen LogP) is 1.47. The Morgan fingerprint density at radius 3 is 2.57 bits per heavy atom. The summed E-state index contributed by atoms with van der Waals surface area (Å²) in [5.41, 5.74) is 0.850. The van der Waals surface area contributed by atoms with Gasteiger partial charge in [-0.1, -0.05) is 35.5 Å². The molecule has 1 aromatic heterocycles. The maximum atomic E-state index is 12.4. The van der Waals surface area contributed by atoms with Gasteiger partial charge in [0, 0.05) is 6.07 Å². The molecule has 0 saturated carbocycles. The summed E-state index contributed by atoms with van der Waals surface area (Å²) >= 11 is 0. The lowest BCUT2D eigenvalue weighted by Gasteiger charge is -2.17. The first-order valence-corrected chi connectivity index (χ1v) is 8.83. The van der Waals surface area contributed by atoms with E-state index in [1.165, 1.54) is 6.92 Å². The van der Waals surface area contributed by atoms with E-state index < -0.39 is 22.0 Å². The largest absolute Gasteiger partial charge is 0.360 e. The molecular formula is C15H19N3O4S. The van der Waals surface area contributed by atoms with E-state index in [4.69, 9.17) is 4.52 Å². The van der Waals surface area contributed by atoms with E-state index in [1.54, 1.807) is 13.0 Å². The van der Waals surface area contributed by atoms with Crippen LogP contribution in [-0.2, 0) is 21.2 Å². The average molecular weight is 337 g/mol. The summed E-state index contributed by atoms with van der Waals surface area (Å²) in [6.07, 6.45) is 0.239. The first-order valence-electron chi connectivity index (χ1n) is 7.17. The molecule has 1 aromatic carbocycles. The highest BCUT2D eigenvalue weighted by Gasteiger charge is 2.24. The molecule has 1 amide bonds. The van der Waals surface area contributed by atoms with Crippen LogP contribution in [0.3, 0.4) is 0 Å². The standard InChI is InChI=1S/C15H19N3O4S/c1-3-23(20,21)18-13(10-12-7-5-4-6-8-12)15(19)16-14-9-11(2)22-17-14/h4-9,13,18H,3,10H2,1-2H3,(H,16,17,19). The molecule has 1 atom stereocenters. The van der Waals surface area contributed by atoms with Gasteiger partial charge >= 0.3 is 0 Å². The zero-order valence-electron chi connectivity index (χ0n) is 12.9. The maximum Gasteiger partial charge on any atom is 0.244 e. The van der Waals surface area contributed by atoms with Gasteiger partial charge in [-0.15, -0.1) is 0 Å². The second kappa shape index (κ2) is 7.38. The third kappa shape index (κ3) is 5.19. The summed E-state index contributed by atoms with van der Waals surface area (Å²) in [6, 6.07) is 9.82. The number of nitrogens with one attached hydrogen (secondary N) is 2. The monoisotopic (exact) mass is 337 g/mol. The molecule has 23 heavy (non-hydrogen) atoms. The fraction of sp³-hybridized carbons (Fsp3) is 0.333. The van der Waals surface area contributed by atoms with Gasteiger partial charge in [0.2, 0.25) is 15.9 Å². The van der Waals surface area contributed by atoms with E-state index in [9.17, 15) is 13.2 Å². The van der Waals surface area contributed by atoms with Crippen molar-refractivity contribution in [2.45, 2.75) is 26.3 Å². The van der Waals surface area contributed by atoms with Crippen LogP contribution in [0.4, 0.5) is 5.82 Å². The minimum Gasteiger partial charge on any atom is -0.360 e. The number of amides is 1. The zero-order chi connectivity index (χ0) is 16.9. The van der Waals surface area contributed by atoms with Crippen molar-refractivity contribution in [1.82, 2.24) is 9.88 Å². The van der Waals surface area contributed by atoms with Crippen molar-refractivity contribution in [3.05, 3.63) is 47.7 Å². The van der Waals surface area contributed by atoms with E-state index in [0.717, 1.165) is 5.56 Å². The van der Waals surface area contributed by atoms with E-state index >= 15 is 0 Å². The Labute approximate surface area is 135 Å². The third-order valence-electron chi connectivity index (χ3n) is 3.18. The molecule has 2 N–H and O–H groups in total. The van der Waals surface area contributed by atoms with Crippen LogP contribution in [0.15, 0.2) is 40.9 Å². The van der Waals surface area contributed by atoms with Crippen LogP contribution in [0, 0.1) is 6.92 Å². The van der Waals surface area contributed by atoms with Crippen LogP contribution < -0.4 is 10.0 Å². The fourth-order valence-corrected chi connectivity index (χ4v) is 2.77. The lowest BCUT2D eigenvalue weighted by atomic mass is 10.1. The van der Waals surface area contributed by atoms with Gasteiger partial charge in [0.05, 0.1) is 5.75 Å². The fourth-order valence-electron chi connectivity index (χ4n) is 1.98. The number of hydrogen-bond acceptors (Lipinski definition) is 5. The van der Waals surface area contributed by atoms with Gasteiger partial charge in [-0.05, 0) is 25.8 Å². The van der Waals surface area contributed by atoms with Crippen molar-refractivity contribution < 1.29 is 17.7 Å². The van der Waals surface area contributed by atoms with Crippen molar-refractivity contribution >= 4 is 21.7 Å². The van der Waals surface area contributed by atoms with Crippen LogP contribution in [0.1, 0.15) is 18.2 Å².